The summed E-state index contributed by atoms with van der Waals surface area (Å²) in [6, 6.07) is 8.74. The molecular formula is C24H28F3N5O7S2. The largest absolute Gasteiger partial charge is 0.493 e. The van der Waals surface area contributed by atoms with Crippen molar-refractivity contribution in [3.63, 3.8) is 0 Å². The fraction of sp³-hybridized carbons (Fsp3) is 0.375. The van der Waals surface area contributed by atoms with Crippen molar-refractivity contribution in [1.82, 2.24) is 19.7 Å². The predicted molar refractivity (Wildman–Crippen MR) is 142 cm³/mol. The maximum absolute atomic E-state index is 13.8. The zero-order chi connectivity index (χ0) is 30.4. The highest BCUT2D eigenvalue weighted by atomic mass is 32.2. The van der Waals surface area contributed by atoms with Crippen molar-refractivity contribution in [3.8, 4) is 23.1 Å². The van der Waals surface area contributed by atoms with Crippen LogP contribution in [0.3, 0.4) is 0 Å². The van der Waals surface area contributed by atoms with Gasteiger partial charge in [0.2, 0.25) is 21.6 Å². The van der Waals surface area contributed by atoms with Crippen LogP contribution in [-0.4, -0.2) is 57.8 Å². The quantitative estimate of drug-likeness (QED) is 0.269. The summed E-state index contributed by atoms with van der Waals surface area (Å²) in [5.41, 5.74) is 0.736. The second-order valence-corrected chi connectivity index (χ2v) is 12.3. The summed E-state index contributed by atoms with van der Waals surface area (Å²) in [4.78, 5) is 10.7. The molecule has 224 valence electrons. The minimum absolute atomic E-state index is 0.0326. The van der Waals surface area contributed by atoms with Gasteiger partial charge in [0.25, 0.3) is 15.9 Å². The standard InChI is InChI=1S/C24H28F3N5O7S2/c1-5-40(33,34)29-12-13-38-22-20(39-18-9-7-6-8-17(18)37-4)21(30-23(31-22)24(25,26)27)32-41(35,36)19-11-10-16(14-28-19)15(2)3/h6-11,14-15,29H,5,12-13H2,1-4H3,(H,30,31,32). The van der Waals surface area contributed by atoms with Gasteiger partial charge < -0.3 is 14.2 Å². The third-order valence-corrected chi connectivity index (χ3v) is 8.00. The fourth-order valence-corrected chi connectivity index (χ4v) is 4.68. The van der Waals surface area contributed by atoms with Gasteiger partial charge in [-0.1, -0.05) is 32.0 Å². The molecule has 0 bridgehead atoms. The van der Waals surface area contributed by atoms with E-state index in [0.29, 0.717) is 0 Å². The van der Waals surface area contributed by atoms with Crippen LogP contribution in [-0.2, 0) is 26.2 Å². The van der Waals surface area contributed by atoms with Crippen LogP contribution in [0, 0.1) is 0 Å². The number of para-hydroxylation sites is 2. The number of pyridine rings is 1. The van der Waals surface area contributed by atoms with Crippen LogP contribution in [0.1, 0.15) is 38.1 Å². The van der Waals surface area contributed by atoms with E-state index >= 15 is 0 Å². The van der Waals surface area contributed by atoms with E-state index in [-0.39, 0.29) is 29.7 Å². The minimum atomic E-state index is -5.12. The van der Waals surface area contributed by atoms with Crippen LogP contribution in [0.4, 0.5) is 19.0 Å². The van der Waals surface area contributed by atoms with E-state index in [1.807, 2.05) is 18.6 Å². The minimum Gasteiger partial charge on any atom is -0.493 e. The number of alkyl halides is 3. The number of methoxy groups -OCH3 is 1. The molecule has 0 aliphatic heterocycles. The summed E-state index contributed by atoms with van der Waals surface area (Å²) in [6.07, 6.45) is -3.79. The second kappa shape index (κ2) is 12.9. The number of halogens is 3. The molecule has 0 aliphatic carbocycles. The predicted octanol–water partition coefficient (Wildman–Crippen LogP) is 3.93. The molecule has 0 unspecified atom stereocenters. The number of anilines is 1. The lowest BCUT2D eigenvalue weighted by Gasteiger charge is -2.19. The molecule has 2 heterocycles. The second-order valence-electron chi connectivity index (χ2n) is 8.62. The molecule has 17 heteroatoms. The Kier molecular flexibility index (Phi) is 9.98. The first-order valence-electron chi connectivity index (χ1n) is 12.1. The van der Waals surface area contributed by atoms with Crippen molar-refractivity contribution in [3.05, 3.63) is 54.0 Å². The topological polar surface area (TPSA) is 159 Å². The Morgan fingerprint density at radius 3 is 2.24 bits per heavy atom. The molecule has 0 amide bonds. The molecule has 0 saturated carbocycles. The summed E-state index contributed by atoms with van der Waals surface area (Å²) in [7, 11) is -6.91. The summed E-state index contributed by atoms with van der Waals surface area (Å²) >= 11 is 0. The van der Waals surface area contributed by atoms with Crippen LogP contribution in [0.15, 0.2) is 47.6 Å². The van der Waals surface area contributed by atoms with E-state index in [1.54, 1.807) is 6.07 Å². The Labute approximate surface area is 235 Å². The van der Waals surface area contributed by atoms with Gasteiger partial charge in [-0.05, 0) is 36.6 Å². The van der Waals surface area contributed by atoms with Gasteiger partial charge in [-0.3, -0.25) is 4.72 Å². The van der Waals surface area contributed by atoms with Gasteiger partial charge >= 0.3 is 6.18 Å². The number of nitrogens with one attached hydrogen (secondary N) is 2. The van der Waals surface area contributed by atoms with Crippen LogP contribution in [0.2, 0.25) is 0 Å². The lowest BCUT2D eigenvalue weighted by atomic mass is 10.1. The summed E-state index contributed by atoms with van der Waals surface area (Å²) < 4.78 is 112. The molecule has 0 atom stereocenters. The lowest BCUT2D eigenvalue weighted by Crippen LogP contribution is -2.29. The molecule has 0 saturated heterocycles. The molecule has 0 spiro atoms. The molecule has 3 aromatic rings. The lowest BCUT2D eigenvalue weighted by molar-refractivity contribution is -0.145. The maximum Gasteiger partial charge on any atom is 0.451 e. The van der Waals surface area contributed by atoms with E-state index < -0.39 is 61.1 Å². The highest BCUT2D eigenvalue weighted by Gasteiger charge is 2.38. The van der Waals surface area contributed by atoms with E-state index in [4.69, 9.17) is 14.2 Å². The zero-order valence-electron chi connectivity index (χ0n) is 22.4. The van der Waals surface area contributed by atoms with Gasteiger partial charge in [-0.2, -0.15) is 26.6 Å². The van der Waals surface area contributed by atoms with Crippen molar-refractivity contribution in [1.29, 1.82) is 0 Å². The molecule has 2 N–H and O–H groups in total. The Morgan fingerprint density at radius 1 is 1.00 bits per heavy atom. The van der Waals surface area contributed by atoms with Crippen molar-refractivity contribution in [2.24, 2.45) is 0 Å². The highest BCUT2D eigenvalue weighted by molar-refractivity contribution is 7.92. The van der Waals surface area contributed by atoms with Crippen LogP contribution >= 0.6 is 0 Å². The molecule has 0 fully saturated rings. The SMILES string of the molecule is CCS(=O)(=O)NCCOc1nc(C(F)(F)F)nc(NS(=O)(=O)c2ccc(C(C)C)cn2)c1Oc1ccccc1OC. The molecule has 0 aliphatic rings. The average molecular weight is 620 g/mol. The number of hydrogen-bond acceptors (Lipinski definition) is 10. The average Bonchev–Trinajstić information content (AvgIpc) is 2.92. The normalized spacial score (nSPS) is 12.3. The van der Waals surface area contributed by atoms with Gasteiger partial charge in [0.1, 0.15) is 6.61 Å². The Morgan fingerprint density at radius 2 is 1.68 bits per heavy atom. The third kappa shape index (κ3) is 8.40. The number of benzene rings is 1. The Hall–Kier alpha value is -3.70. The summed E-state index contributed by atoms with van der Waals surface area (Å²) in [5.74, 6) is -4.17. The summed E-state index contributed by atoms with van der Waals surface area (Å²) in [6.45, 7) is 4.33. The highest BCUT2D eigenvalue weighted by Crippen LogP contribution is 2.42. The Balaban J connectivity index is 2.12. The number of rotatable bonds is 13. The molecule has 3 rings (SSSR count). The van der Waals surface area contributed by atoms with Gasteiger partial charge in [0, 0.05) is 12.7 Å². The van der Waals surface area contributed by atoms with Crippen molar-refractivity contribution in [2.75, 3.05) is 30.7 Å². The molecular weight excluding hydrogens is 591 g/mol. The van der Waals surface area contributed by atoms with Gasteiger partial charge in [0.05, 0.1) is 12.9 Å². The first-order chi connectivity index (χ1) is 19.2. The fourth-order valence-electron chi connectivity index (χ4n) is 3.15. The van der Waals surface area contributed by atoms with E-state index in [2.05, 4.69) is 19.7 Å². The van der Waals surface area contributed by atoms with E-state index in [1.165, 1.54) is 50.6 Å². The molecule has 41 heavy (non-hydrogen) atoms. The van der Waals surface area contributed by atoms with Crippen LogP contribution in [0.25, 0.3) is 0 Å². The van der Waals surface area contributed by atoms with Crippen LogP contribution in [0.5, 0.6) is 23.1 Å². The maximum atomic E-state index is 13.8. The molecule has 2 aromatic heterocycles. The van der Waals surface area contributed by atoms with Gasteiger partial charge in [-0.15, -0.1) is 0 Å². The van der Waals surface area contributed by atoms with Gasteiger partial charge in [-0.25, -0.2) is 23.1 Å². The molecule has 12 nitrogen and oxygen atoms in total. The summed E-state index contributed by atoms with van der Waals surface area (Å²) in [5, 5.41) is -0.492. The van der Waals surface area contributed by atoms with Gasteiger partial charge in [0.15, 0.2) is 22.3 Å². The number of nitrogens with zero attached hydrogens (tertiary/aromatic N) is 3. The third-order valence-electron chi connectivity index (χ3n) is 5.34. The van der Waals surface area contributed by atoms with Crippen molar-refractivity contribution < 1.29 is 44.2 Å². The number of hydrogen-bond donors (Lipinski definition) is 2. The zero-order valence-corrected chi connectivity index (χ0v) is 24.0. The monoisotopic (exact) mass is 619 g/mol. The first-order valence-corrected chi connectivity index (χ1v) is 15.2. The van der Waals surface area contributed by atoms with Crippen molar-refractivity contribution >= 4 is 25.9 Å². The number of ether oxygens (including phenoxy) is 3. The number of sulfonamides is 2. The molecule has 1 aromatic carbocycles. The Bertz CT molecular complexity index is 1570. The van der Waals surface area contributed by atoms with E-state index in [0.717, 1.165) is 5.56 Å². The first kappa shape index (κ1) is 31.8. The van der Waals surface area contributed by atoms with Crippen molar-refractivity contribution in [2.45, 2.75) is 37.9 Å². The smallest absolute Gasteiger partial charge is 0.451 e. The van der Waals surface area contributed by atoms with E-state index in [9.17, 15) is 30.0 Å². The molecule has 0 radical (unpaired) electrons. The van der Waals surface area contributed by atoms with Crippen LogP contribution < -0.4 is 23.7 Å². The number of aromatic nitrogens is 3.